The highest BCUT2D eigenvalue weighted by atomic mass is 35.5. The van der Waals surface area contributed by atoms with Crippen molar-refractivity contribution in [2.45, 2.75) is 20.3 Å². The van der Waals surface area contributed by atoms with Crippen molar-refractivity contribution in [3.63, 3.8) is 0 Å². The van der Waals surface area contributed by atoms with Crippen molar-refractivity contribution in [3.8, 4) is 0 Å². The molecule has 0 bridgehead atoms. The van der Waals surface area contributed by atoms with E-state index in [2.05, 4.69) is 19.2 Å². The fourth-order valence-electron chi connectivity index (χ4n) is 1.33. The van der Waals surface area contributed by atoms with Crippen LogP contribution in [-0.2, 0) is 0 Å². The van der Waals surface area contributed by atoms with Gasteiger partial charge in [-0.3, -0.25) is 4.79 Å². The molecule has 0 atom stereocenters. The normalized spacial score (nSPS) is 10.5. The van der Waals surface area contributed by atoms with Gasteiger partial charge in [0, 0.05) is 12.2 Å². The molecule has 0 unspecified atom stereocenters. The predicted molar refractivity (Wildman–Crippen MR) is 67.9 cm³/mol. The molecule has 1 aromatic rings. The zero-order valence-corrected chi connectivity index (χ0v) is 10.3. The molecule has 0 aliphatic rings. The lowest BCUT2D eigenvalue weighted by Gasteiger charge is -2.09. The predicted octanol–water partition coefficient (Wildman–Crippen LogP) is 2.90. The van der Waals surface area contributed by atoms with Gasteiger partial charge in [0.05, 0.1) is 10.6 Å². The monoisotopic (exact) mass is 240 g/mol. The van der Waals surface area contributed by atoms with Gasteiger partial charge in [-0.05, 0) is 30.5 Å². The molecule has 0 aliphatic carbocycles. The summed E-state index contributed by atoms with van der Waals surface area (Å²) in [5.41, 5.74) is 6.43. The van der Waals surface area contributed by atoms with E-state index in [0.29, 0.717) is 16.5 Å². The first kappa shape index (κ1) is 12.8. The van der Waals surface area contributed by atoms with Gasteiger partial charge in [0.25, 0.3) is 0 Å². The maximum Gasteiger partial charge on any atom is 0.250 e. The molecule has 0 radical (unpaired) electrons. The topological polar surface area (TPSA) is 55.1 Å². The van der Waals surface area contributed by atoms with Crippen LogP contribution in [0.25, 0.3) is 0 Å². The molecule has 1 aromatic carbocycles. The van der Waals surface area contributed by atoms with Gasteiger partial charge in [-0.15, -0.1) is 0 Å². The molecule has 3 N–H and O–H groups in total. The number of rotatable bonds is 5. The third-order valence-corrected chi connectivity index (χ3v) is 2.60. The maximum absolute atomic E-state index is 11.0. The largest absolute Gasteiger partial charge is 0.385 e. The van der Waals surface area contributed by atoms with Crippen LogP contribution in [0.4, 0.5) is 5.69 Å². The highest BCUT2D eigenvalue weighted by Gasteiger charge is 2.06. The molecule has 3 nitrogen and oxygen atoms in total. The SMILES string of the molecule is CC(C)CCNc1ccc(C(N)=O)c(Cl)c1. The number of benzene rings is 1. The molecule has 16 heavy (non-hydrogen) atoms. The molecular formula is C12H17ClN2O. The first-order valence-corrected chi connectivity index (χ1v) is 5.71. The summed E-state index contributed by atoms with van der Waals surface area (Å²) in [5.74, 6) is 0.159. The summed E-state index contributed by atoms with van der Waals surface area (Å²) in [7, 11) is 0. The number of nitrogens with one attached hydrogen (secondary N) is 1. The Hall–Kier alpha value is -1.22. The van der Waals surface area contributed by atoms with E-state index in [1.54, 1.807) is 12.1 Å². The quantitative estimate of drug-likeness (QED) is 0.832. The van der Waals surface area contributed by atoms with Crippen LogP contribution >= 0.6 is 11.6 Å². The van der Waals surface area contributed by atoms with Crippen LogP contribution in [0.2, 0.25) is 5.02 Å². The van der Waals surface area contributed by atoms with E-state index in [1.807, 2.05) is 6.07 Å². The molecule has 88 valence electrons. The lowest BCUT2D eigenvalue weighted by Crippen LogP contribution is -2.12. The van der Waals surface area contributed by atoms with Crippen LogP contribution in [0.1, 0.15) is 30.6 Å². The number of hydrogen-bond acceptors (Lipinski definition) is 2. The molecule has 1 amide bonds. The van der Waals surface area contributed by atoms with Gasteiger partial charge in [0.15, 0.2) is 0 Å². The molecule has 0 saturated heterocycles. The molecule has 4 heteroatoms. The van der Waals surface area contributed by atoms with E-state index in [0.717, 1.165) is 18.7 Å². The third-order valence-electron chi connectivity index (χ3n) is 2.29. The Bertz CT molecular complexity index is 377. The Kier molecular flexibility index (Phi) is 4.62. The second-order valence-corrected chi connectivity index (χ2v) is 4.58. The molecular weight excluding hydrogens is 224 g/mol. The summed E-state index contributed by atoms with van der Waals surface area (Å²) in [6.07, 6.45) is 1.09. The van der Waals surface area contributed by atoms with E-state index >= 15 is 0 Å². The highest BCUT2D eigenvalue weighted by Crippen LogP contribution is 2.20. The minimum Gasteiger partial charge on any atom is -0.385 e. The van der Waals surface area contributed by atoms with E-state index in [9.17, 15) is 4.79 Å². The highest BCUT2D eigenvalue weighted by molar-refractivity contribution is 6.34. The Morgan fingerprint density at radius 1 is 1.50 bits per heavy atom. The molecule has 0 spiro atoms. The van der Waals surface area contributed by atoms with Crippen LogP contribution in [0, 0.1) is 5.92 Å². The van der Waals surface area contributed by atoms with Gasteiger partial charge in [0.2, 0.25) is 5.91 Å². The van der Waals surface area contributed by atoms with Crippen molar-refractivity contribution in [1.82, 2.24) is 0 Å². The van der Waals surface area contributed by atoms with Gasteiger partial charge < -0.3 is 11.1 Å². The second kappa shape index (κ2) is 5.75. The lowest BCUT2D eigenvalue weighted by molar-refractivity contribution is 0.100. The van der Waals surface area contributed by atoms with E-state index < -0.39 is 5.91 Å². The molecule has 0 fully saturated rings. The molecule has 0 saturated carbocycles. The number of nitrogens with two attached hydrogens (primary N) is 1. The van der Waals surface area contributed by atoms with Crippen molar-refractivity contribution < 1.29 is 4.79 Å². The first-order valence-electron chi connectivity index (χ1n) is 5.34. The van der Waals surface area contributed by atoms with Crippen LogP contribution in [0.5, 0.6) is 0 Å². The standard InChI is InChI=1S/C12H17ClN2O/c1-8(2)5-6-15-9-3-4-10(12(14)16)11(13)7-9/h3-4,7-8,15H,5-6H2,1-2H3,(H2,14,16). The van der Waals surface area contributed by atoms with Gasteiger partial charge in [-0.1, -0.05) is 25.4 Å². The fraction of sp³-hybridized carbons (Fsp3) is 0.417. The van der Waals surface area contributed by atoms with Gasteiger partial charge in [-0.2, -0.15) is 0 Å². The Labute approximate surface area is 101 Å². The van der Waals surface area contributed by atoms with Crippen molar-refractivity contribution in [2.75, 3.05) is 11.9 Å². The summed E-state index contributed by atoms with van der Waals surface area (Å²) in [6.45, 7) is 5.24. The Morgan fingerprint density at radius 3 is 2.69 bits per heavy atom. The number of carbonyl (C=O) groups is 1. The first-order chi connectivity index (χ1) is 7.50. The minimum atomic E-state index is -0.501. The molecule has 0 aliphatic heterocycles. The number of halogens is 1. The van der Waals surface area contributed by atoms with Gasteiger partial charge >= 0.3 is 0 Å². The van der Waals surface area contributed by atoms with Crippen LogP contribution in [0.3, 0.4) is 0 Å². The van der Waals surface area contributed by atoms with E-state index in [-0.39, 0.29) is 0 Å². The Morgan fingerprint density at radius 2 is 2.19 bits per heavy atom. The van der Waals surface area contributed by atoms with Crippen molar-refractivity contribution in [3.05, 3.63) is 28.8 Å². The van der Waals surface area contributed by atoms with Gasteiger partial charge in [0.1, 0.15) is 0 Å². The summed E-state index contributed by atoms with van der Waals surface area (Å²) >= 11 is 5.93. The summed E-state index contributed by atoms with van der Waals surface area (Å²) in [5, 5.41) is 3.64. The smallest absolute Gasteiger partial charge is 0.250 e. The van der Waals surface area contributed by atoms with E-state index in [4.69, 9.17) is 17.3 Å². The average molecular weight is 241 g/mol. The van der Waals surface area contributed by atoms with E-state index in [1.165, 1.54) is 0 Å². The minimum absolute atomic E-state index is 0.357. The summed E-state index contributed by atoms with van der Waals surface area (Å²) in [6, 6.07) is 5.18. The average Bonchev–Trinajstić information content (AvgIpc) is 2.16. The molecule has 1 rings (SSSR count). The number of amides is 1. The molecule has 0 aromatic heterocycles. The van der Waals surface area contributed by atoms with Gasteiger partial charge in [-0.25, -0.2) is 0 Å². The number of hydrogen-bond donors (Lipinski definition) is 2. The third kappa shape index (κ3) is 3.74. The summed E-state index contributed by atoms with van der Waals surface area (Å²) in [4.78, 5) is 11.0. The van der Waals surface area contributed by atoms with Crippen molar-refractivity contribution in [2.24, 2.45) is 11.7 Å². The van der Waals surface area contributed by atoms with Crippen LogP contribution in [-0.4, -0.2) is 12.5 Å². The second-order valence-electron chi connectivity index (χ2n) is 4.17. The van der Waals surface area contributed by atoms with Crippen LogP contribution < -0.4 is 11.1 Å². The summed E-state index contributed by atoms with van der Waals surface area (Å²) < 4.78 is 0. The zero-order chi connectivity index (χ0) is 12.1. The Balaban J connectivity index is 2.63. The number of anilines is 1. The van der Waals surface area contributed by atoms with Crippen molar-refractivity contribution in [1.29, 1.82) is 0 Å². The number of primary amides is 1. The van der Waals surface area contributed by atoms with Crippen LogP contribution in [0.15, 0.2) is 18.2 Å². The maximum atomic E-state index is 11.0. The zero-order valence-electron chi connectivity index (χ0n) is 9.59. The van der Waals surface area contributed by atoms with Crippen molar-refractivity contribution >= 4 is 23.2 Å². The lowest BCUT2D eigenvalue weighted by atomic mass is 10.1. The molecule has 0 heterocycles. The fourth-order valence-corrected chi connectivity index (χ4v) is 1.60. The number of carbonyl (C=O) groups excluding carboxylic acids is 1.